The highest BCUT2D eigenvalue weighted by atomic mass is 19.4. The summed E-state index contributed by atoms with van der Waals surface area (Å²) in [6.45, 7) is 2.89. The zero-order valence-corrected chi connectivity index (χ0v) is 15.7. The fourth-order valence-electron chi connectivity index (χ4n) is 2.86. The van der Waals surface area contributed by atoms with Crippen LogP contribution in [0.5, 0.6) is 0 Å². The summed E-state index contributed by atoms with van der Waals surface area (Å²) in [7, 11) is 2.59. The number of alkyl halides is 3. The molecule has 0 saturated carbocycles. The second-order valence-electron chi connectivity index (χ2n) is 6.28. The van der Waals surface area contributed by atoms with Crippen molar-refractivity contribution in [3.63, 3.8) is 0 Å². The number of halogens is 3. The zero-order valence-electron chi connectivity index (χ0n) is 15.7. The Hall–Kier alpha value is -3.10. The number of carbonyl (C=O) groups excluding carboxylic acids is 3. The van der Waals surface area contributed by atoms with Crippen LogP contribution in [-0.4, -0.2) is 48.2 Å². The predicted molar refractivity (Wildman–Crippen MR) is 94.3 cm³/mol. The monoisotopic (exact) mass is 396 g/mol. The predicted octanol–water partition coefficient (Wildman–Crippen LogP) is 3.39. The summed E-state index contributed by atoms with van der Waals surface area (Å²) in [6.07, 6.45) is -4.50. The van der Waals surface area contributed by atoms with E-state index in [0.717, 1.165) is 29.2 Å². The summed E-state index contributed by atoms with van der Waals surface area (Å²) in [5.74, 6) is -1.63. The molecule has 0 bridgehead atoms. The van der Waals surface area contributed by atoms with Crippen molar-refractivity contribution in [3.05, 3.63) is 57.9 Å². The summed E-state index contributed by atoms with van der Waals surface area (Å²) in [4.78, 5) is 40.7. The highest BCUT2D eigenvalue weighted by molar-refractivity contribution is 6.05. The summed E-state index contributed by atoms with van der Waals surface area (Å²) < 4.78 is 42.5. The van der Waals surface area contributed by atoms with E-state index in [-0.39, 0.29) is 23.4 Å². The van der Waals surface area contributed by atoms with E-state index in [9.17, 15) is 27.6 Å². The number of hydrogen-bond donors (Lipinski definition) is 1. The fourth-order valence-corrected chi connectivity index (χ4v) is 2.86. The molecule has 2 rings (SSSR count). The Morgan fingerprint density at radius 2 is 1.68 bits per heavy atom. The highest BCUT2D eigenvalue weighted by Crippen LogP contribution is 2.29. The number of Topliss-reactive ketones (excluding diaryl/α,β-unsaturated/α-hetero) is 1. The molecule has 6 nitrogen and oxygen atoms in total. The number of likely N-dealkylation sites (N-methyl/N-ethyl adjacent to an activating group) is 1. The molecule has 1 amide bonds. The Morgan fingerprint density at radius 3 is 2.18 bits per heavy atom. The molecule has 0 aliphatic heterocycles. The molecular formula is C19H19F3N2O4. The lowest BCUT2D eigenvalue weighted by Gasteiger charge is -2.17. The number of nitrogens with one attached hydrogen (secondary N) is 1. The van der Waals surface area contributed by atoms with Gasteiger partial charge < -0.3 is 14.6 Å². The van der Waals surface area contributed by atoms with Gasteiger partial charge in [-0.05, 0) is 43.7 Å². The van der Waals surface area contributed by atoms with Crippen molar-refractivity contribution in [3.8, 4) is 0 Å². The minimum atomic E-state index is -4.50. The van der Waals surface area contributed by atoms with Crippen LogP contribution < -0.4 is 0 Å². The second kappa shape index (κ2) is 7.87. The van der Waals surface area contributed by atoms with Gasteiger partial charge in [-0.15, -0.1) is 0 Å². The van der Waals surface area contributed by atoms with Crippen LogP contribution in [0.4, 0.5) is 13.2 Å². The third kappa shape index (κ3) is 4.24. The standard InChI is InChI=1S/C19H19F3N2O4/c1-10-15(11(2)23-16(10)18(27)28-4)14(25)9-24(3)17(26)12-5-7-13(8-6-12)19(20,21)22/h5-8,23H,9H2,1-4H3. The number of hydrogen-bond acceptors (Lipinski definition) is 4. The van der Waals surface area contributed by atoms with Crippen LogP contribution in [-0.2, 0) is 10.9 Å². The molecule has 0 fully saturated rings. The van der Waals surface area contributed by atoms with Gasteiger partial charge >= 0.3 is 12.1 Å². The van der Waals surface area contributed by atoms with E-state index in [4.69, 9.17) is 0 Å². The number of nitrogens with zero attached hydrogens (tertiary/aromatic N) is 1. The molecule has 0 radical (unpaired) electrons. The molecule has 1 aromatic heterocycles. The van der Waals surface area contributed by atoms with E-state index in [1.807, 2.05) is 0 Å². The lowest BCUT2D eigenvalue weighted by atomic mass is 10.0. The van der Waals surface area contributed by atoms with Crippen molar-refractivity contribution in [1.82, 2.24) is 9.88 Å². The first-order chi connectivity index (χ1) is 13.0. The maximum Gasteiger partial charge on any atom is 0.416 e. The van der Waals surface area contributed by atoms with Gasteiger partial charge in [-0.3, -0.25) is 9.59 Å². The van der Waals surface area contributed by atoms with Gasteiger partial charge in [0.25, 0.3) is 5.91 Å². The third-order valence-electron chi connectivity index (χ3n) is 4.29. The molecule has 0 atom stereocenters. The molecule has 0 unspecified atom stereocenters. The second-order valence-corrected chi connectivity index (χ2v) is 6.28. The number of H-pyrrole nitrogens is 1. The number of amides is 1. The SMILES string of the molecule is COC(=O)c1[nH]c(C)c(C(=O)CN(C)C(=O)c2ccc(C(F)(F)F)cc2)c1C. The van der Waals surface area contributed by atoms with Gasteiger partial charge in [-0.2, -0.15) is 13.2 Å². The van der Waals surface area contributed by atoms with Gasteiger partial charge in [0.2, 0.25) is 0 Å². The maximum absolute atomic E-state index is 12.6. The van der Waals surface area contributed by atoms with Crippen molar-refractivity contribution in [2.75, 3.05) is 20.7 Å². The molecule has 0 aliphatic rings. The van der Waals surface area contributed by atoms with Crippen molar-refractivity contribution in [1.29, 1.82) is 0 Å². The van der Waals surface area contributed by atoms with E-state index in [2.05, 4.69) is 9.72 Å². The van der Waals surface area contributed by atoms with Crippen LogP contribution in [0.2, 0.25) is 0 Å². The van der Waals surface area contributed by atoms with Gasteiger partial charge in [0.1, 0.15) is 5.69 Å². The lowest BCUT2D eigenvalue weighted by Crippen LogP contribution is -2.32. The summed E-state index contributed by atoms with van der Waals surface area (Å²) >= 11 is 0. The molecule has 9 heteroatoms. The topological polar surface area (TPSA) is 79.5 Å². The number of ether oxygens (including phenoxy) is 1. The third-order valence-corrected chi connectivity index (χ3v) is 4.29. The summed E-state index contributed by atoms with van der Waals surface area (Å²) in [6, 6.07) is 3.75. The van der Waals surface area contributed by atoms with Crippen LogP contribution in [0.15, 0.2) is 24.3 Å². The van der Waals surface area contributed by atoms with Crippen molar-refractivity contribution in [2.45, 2.75) is 20.0 Å². The first kappa shape index (κ1) is 21.2. The van der Waals surface area contributed by atoms with E-state index in [1.165, 1.54) is 14.2 Å². The average Bonchev–Trinajstić information content (AvgIpc) is 2.94. The van der Waals surface area contributed by atoms with E-state index < -0.39 is 29.4 Å². The fraction of sp³-hybridized carbons (Fsp3) is 0.316. The molecule has 150 valence electrons. The van der Waals surface area contributed by atoms with Crippen LogP contribution >= 0.6 is 0 Å². The van der Waals surface area contributed by atoms with Crippen molar-refractivity contribution >= 4 is 17.7 Å². The highest BCUT2D eigenvalue weighted by Gasteiger charge is 2.30. The van der Waals surface area contributed by atoms with Crippen molar-refractivity contribution in [2.24, 2.45) is 0 Å². The van der Waals surface area contributed by atoms with Crippen molar-refractivity contribution < 1.29 is 32.3 Å². The van der Waals surface area contributed by atoms with Gasteiger partial charge in [0.15, 0.2) is 5.78 Å². The summed E-state index contributed by atoms with van der Waals surface area (Å²) in [5.41, 5.74) is 0.452. The van der Waals surface area contributed by atoms with Gasteiger partial charge in [0.05, 0.1) is 19.2 Å². The minimum Gasteiger partial charge on any atom is -0.464 e. The normalized spacial score (nSPS) is 11.2. The van der Waals surface area contributed by atoms with Crippen LogP contribution in [0, 0.1) is 13.8 Å². The van der Waals surface area contributed by atoms with Gasteiger partial charge in [0, 0.05) is 23.9 Å². The average molecular weight is 396 g/mol. The van der Waals surface area contributed by atoms with E-state index in [1.54, 1.807) is 13.8 Å². The zero-order chi connectivity index (χ0) is 21.2. The number of methoxy groups -OCH3 is 1. The summed E-state index contributed by atoms with van der Waals surface area (Å²) in [5, 5.41) is 0. The number of aryl methyl sites for hydroxylation is 1. The number of aromatic amines is 1. The van der Waals surface area contributed by atoms with Gasteiger partial charge in [-0.1, -0.05) is 0 Å². The minimum absolute atomic E-state index is 0.0288. The van der Waals surface area contributed by atoms with E-state index >= 15 is 0 Å². The molecule has 1 N–H and O–H groups in total. The number of rotatable bonds is 5. The lowest BCUT2D eigenvalue weighted by molar-refractivity contribution is -0.137. The van der Waals surface area contributed by atoms with Gasteiger partial charge in [-0.25, -0.2) is 4.79 Å². The quantitative estimate of drug-likeness (QED) is 0.621. The molecule has 0 aliphatic carbocycles. The number of benzene rings is 1. The molecule has 1 aromatic carbocycles. The molecule has 0 spiro atoms. The first-order valence-electron chi connectivity index (χ1n) is 8.20. The number of ketones is 1. The molecule has 2 aromatic rings. The Bertz CT molecular complexity index is 914. The van der Waals surface area contributed by atoms with E-state index in [0.29, 0.717) is 11.3 Å². The number of carbonyl (C=O) groups is 3. The number of aromatic nitrogens is 1. The largest absolute Gasteiger partial charge is 0.464 e. The molecular weight excluding hydrogens is 377 g/mol. The Labute approximate surface area is 159 Å². The smallest absolute Gasteiger partial charge is 0.416 e. The number of esters is 1. The van der Waals surface area contributed by atoms with Crippen LogP contribution in [0.25, 0.3) is 0 Å². The Balaban J connectivity index is 2.17. The molecule has 28 heavy (non-hydrogen) atoms. The molecule has 1 heterocycles. The van der Waals surface area contributed by atoms with Crippen LogP contribution in [0.1, 0.15) is 48.0 Å². The maximum atomic E-state index is 12.6. The van der Waals surface area contributed by atoms with Crippen LogP contribution in [0.3, 0.4) is 0 Å². The molecule has 0 saturated heterocycles. The first-order valence-corrected chi connectivity index (χ1v) is 8.20. The Morgan fingerprint density at radius 1 is 1.11 bits per heavy atom. The Kier molecular flexibility index (Phi) is 5.96.